The van der Waals surface area contributed by atoms with Gasteiger partial charge >= 0.3 is 0 Å². The fraction of sp³-hybridized carbons (Fsp3) is 0.538. The van der Waals surface area contributed by atoms with Crippen molar-refractivity contribution in [2.45, 2.75) is 33.4 Å². The molecule has 0 amide bonds. The van der Waals surface area contributed by atoms with E-state index in [2.05, 4.69) is 5.32 Å². The van der Waals surface area contributed by atoms with Crippen molar-refractivity contribution in [2.24, 2.45) is 5.41 Å². The van der Waals surface area contributed by atoms with Crippen LogP contribution in [0.3, 0.4) is 0 Å². The minimum absolute atomic E-state index is 0.104. The molecule has 0 heterocycles. The maximum atomic E-state index is 9.84. The maximum absolute atomic E-state index is 9.84. The van der Waals surface area contributed by atoms with Crippen molar-refractivity contribution >= 4 is 11.6 Å². The molecule has 1 aromatic carbocycles. The average molecular weight is 258 g/mol. The second-order valence-corrected chi connectivity index (χ2v) is 5.67. The molecule has 1 rings (SSSR count). The van der Waals surface area contributed by atoms with Gasteiger partial charge in [0.05, 0.1) is 11.1 Å². The summed E-state index contributed by atoms with van der Waals surface area (Å²) >= 11 is 5.80. The molecule has 0 fully saturated rings. The van der Waals surface area contributed by atoms with Crippen LogP contribution in [0.4, 0.5) is 0 Å². The molecule has 0 spiro atoms. The van der Waals surface area contributed by atoms with Gasteiger partial charge in [0, 0.05) is 18.7 Å². The highest BCUT2D eigenvalue weighted by Crippen LogP contribution is 2.26. The number of aliphatic hydroxyl groups excluding tert-OH is 1. The zero-order valence-electron chi connectivity index (χ0n) is 10.5. The Morgan fingerprint density at radius 3 is 2.59 bits per heavy atom. The maximum Gasteiger partial charge on any atom is 0.138 e. The van der Waals surface area contributed by atoms with Gasteiger partial charge in [0.2, 0.25) is 0 Å². The van der Waals surface area contributed by atoms with Crippen LogP contribution in [0.5, 0.6) is 5.75 Å². The number of benzene rings is 1. The van der Waals surface area contributed by atoms with Crippen LogP contribution in [0.15, 0.2) is 18.2 Å². The third kappa shape index (κ3) is 4.19. The van der Waals surface area contributed by atoms with Gasteiger partial charge in [-0.05, 0) is 11.5 Å². The van der Waals surface area contributed by atoms with Crippen LogP contribution in [0, 0.1) is 5.41 Å². The lowest BCUT2D eigenvalue weighted by Gasteiger charge is -2.26. The Bertz CT molecular complexity index is 374. The topological polar surface area (TPSA) is 52.5 Å². The highest BCUT2D eigenvalue weighted by Gasteiger charge is 2.21. The molecule has 0 saturated heterocycles. The number of phenolic OH excluding ortho intramolecular Hbond substituents is 1. The molecule has 1 atom stereocenters. The standard InChI is InChI=1S/C13H20ClNO2/c1-13(2,3)11(16)8-15-7-9-5-4-6-10(14)12(9)17/h4-6,11,15-17H,7-8H2,1-3H3. The summed E-state index contributed by atoms with van der Waals surface area (Å²) in [5.74, 6) is 0.104. The van der Waals surface area contributed by atoms with Crippen LogP contribution in [0.1, 0.15) is 26.3 Å². The number of phenols is 1. The summed E-state index contributed by atoms with van der Waals surface area (Å²) in [4.78, 5) is 0. The Morgan fingerprint density at radius 1 is 1.35 bits per heavy atom. The lowest BCUT2D eigenvalue weighted by Crippen LogP contribution is -2.36. The Labute approximate surface area is 107 Å². The van der Waals surface area contributed by atoms with E-state index in [0.29, 0.717) is 18.1 Å². The van der Waals surface area contributed by atoms with E-state index in [9.17, 15) is 10.2 Å². The molecule has 3 nitrogen and oxygen atoms in total. The van der Waals surface area contributed by atoms with E-state index in [1.807, 2.05) is 20.8 Å². The Balaban J connectivity index is 2.49. The first-order valence-electron chi connectivity index (χ1n) is 5.67. The summed E-state index contributed by atoms with van der Waals surface area (Å²) in [5, 5.41) is 23.0. The van der Waals surface area contributed by atoms with E-state index in [1.54, 1.807) is 18.2 Å². The zero-order chi connectivity index (χ0) is 13.1. The van der Waals surface area contributed by atoms with E-state index >= 15 is 0 Å². The van der Waals surface area contributed by atoms with Crippen LogP contribution >= 0.6 is 11.6 Å². The van der Waals surface area contributed by atoms with Gasteiger partial charge in [-0.25, -0.2) is 0 Å². The van der Waals surface area contributed by atoms with Crippen molar-refractivity contribution in [3.63, 3.8) is 0 Å². The summed E-state index contributed by atoms with van der Waals surface area (Å²) < 4.78 is 0. The SMILES string of the molecule is CC(C)(C)C(O)CNCc1cccc(Cl)c1O. The lowest BCUT2D eigenvalue weighted by molar-refractivity contribution is 0.0627. The molecule has 0 aromatic heterocycles. The summed E-state index contributed by atoms with van der Waals surface area (Å²) in [6.07, 6.45) is -0.427. The molecule has 0 bridgehead atoms. The Morgan fingerprint density at radius 2 is 2.00 bits per heavy atom. The van der Waals surface area contributed by atoms with E-state index in [4.69, 9.17) is 11.6 Å². The van der Waals surface area contributed by atoms with Crippen LogP contribution in [-0.2, 0) is 6.54 Å². The van der Waals surface area contributed by atoms with Crippen LogP contribution in [0.2, 0.25) is 5.02 Å². The fourth-order valence-electron chi connectivity index (χ4n) is 1.35. The molecular formula is C13H20ClNO2. The number of nitrogens with one attached hydrogen (secondary N) is 1. The van der Waals surface area contributed by atoms with Crippen molar-refractivity contribution in [1.82, 2.24) is 5.32 Å². The van der Waals surface area contributed by atoms with E-state index in [-0.39, 0.29) is 11.2 Å². The van der Waals surface area contributed by atoms with E-state index in [0.717, 1.165) is 5.56 Å². The number of rotatable bonds is 4. The average Bonchev–Trinajstić information content (AvgIpc) is 2.22. The predicted octanol–water partition coefficient (Wildman–Crippen LogP) is 2.54. The number of halogens is 1. The van der Waals surface area contributed by atoms with Crippen molar-refractivity contribution in [1.29, 1.82) is 0 Å². The molecule has 4 heteroatoms. The third-order valence-electron chi connectivity index (χ3n) is 2.72. The zero-order valence-corrected chi connectivity index (χ0v) is 11.3. The molecule has 0 aliphatic carbocycles. The Kier molecular flexibility index (Phi) is 4.80. The molecule has 1 unspecified atom stereocenters. The van der Waals surface area contributed by atoms with Gasteiger partial charge in [0.25, 0.3) is 0 Å². The second kappa shape index (κ2) is 5.71. The highest BCUT2D eigenvalue weighted by atomic mass is 35.5. The fourth-order valence-corrected chi connectivity index (χ4v) is 1.55. The third-order valence-corrected chi connectivity index (χ3v) is 3.03. The lowest BCUT2D eigenvalue weighted by atomic mass is 9.89. The van der Waals surface area contributed by atoms with Gasteiger partial charge in [0.1, 0.15) is 5.75 Å². The first kappa shape index (κ1) is 14.3. The monoisotopic (exact) mass is 257 g/mol. The van der Waals surface area contributed by atoms with Crippen molar-refractivity contribution in [2.75, 3.05) is 6.54 Å². The number of para-hydroxylation sites is 1. The van der Waals surface area contributed by atoms with Crippen molar-refractivity contribution in [3.05, 3.63) is 28.8 Å². The number of aromatic hydroxyl groups is 1. The normalized spacial score (nSPS) is 13.7. The van der Waals surface area contributed by atoms with Crippen molar-refractivity contribution in [3.8, 4) is 5.75 Å². The van der Waals surface area contributed by atoms with Gasteiger partial charge in [-0.2, -0.15) is 0 Å². The van der Waals surface area contributed by atoms with E-state index in [1.165, 1.54) is 0 Å². The van der Waals surface area contributed by atoms with Gasteiger partial charge in [-0.1, -0.05) is 44.5 Å². The van der Waals surface area contributed by atoms with Crippen LogP contribution in [0.25, 0.3) is 0 Å². The Hall–Kier alpha value is -0.770. The van der Waals surface area contributed by atoms with Crippen molar-refractivity contribution < 1.29 is 10.2 Å². The highest BCUT2D eigenvalue weighted by molar-refractivity contribution is 6.32. The predicted molar refractivity (Wildman–Crippen MR) is 70.3 cm³/mol. The molecule has 0 aliphatic heterocycles. The molecule has 0 radical (unpaired) electrons. The first-order valence-corrected chi connectivity index (χ1v) is 6.05. The van der Waals surface area contributed by atoms with Gasteiger partial charge in [-0.15, -0.1) is 0 Å². The number of hydrogen-bond donors (Lipinski definition) is 3. The summed E-state index contributed by atoms with van der Waals surface area (Å²) in [7, 11) is 0. The minimum atomic E-state index is -0.427. The first-order chi connectivity index (χ1) is 7.82. The molecule has 17 heavy (non-hydrogen) atoms. The second-order valence-electron chi connectivity index (χ2n) is 5.26. The molecular weight excluding hydrogens is 238 g/mol. The molecule has 0 aliphatic rings. The van der Waals surface area contributed by atoms with Gasteiger partial charge in [-0.3, -0.25) is 0 Å². The minimum Gasteiger partial charge on any atom is -0.506 e. The largest absolute Gasteiger partial charge is 0.506 e. The molecule has 1 aromatic rings. The molecule has 3 N–H and O–H groups in total. The van der Waals surface area contributed by atoms with Crippen LogP contribution in [-0.4, -0.2) is 22.9 Å². The summed E-state index contributed by atoms with van der Waals surface area (Å²) in [6, 6.07) is 5.24. The van der Waals surface area contributed by atoms with E-state index < -0.39 is 6.10 Å². The number of aliphatic hydroxyl groups is 1. The smallest absolute Gasteiger partial charge is 0.138 e. The summed E-state index contributed by atoms with van der Waals surface area (Å²) in [5.41, 5.74) is 0.585. The molecule has 96 valence electrons. The quantitative estimate of drug-likeness (QED) is 0.777. The number of hydrogen-bond acceptors (Lipinski definition) is 3. The molecule has 0 saturated carbocycles. The summed E-state index contributed by atoms with van der Waals surface area (Å²) in [6.45, 7) is 6.91. The van der Waals surface area contributed by atoms with Gasteiger partial charge < -0.3 is 15.5 Å². The van der Waals surface area contributed by atoms with Crippen LogP contribution < -0.4 is 5.32 Å². The van der Waals surface area contributed by atoms with Gasteiger partial charge in [0.15, 0.2) is 0 Å².